The normalized spacial score (nSPS) is 10.9. The minimum absolute atomic E-state index is 0.126. The number of aryl methyl sites for hydroxylation is 1. The van der Waals surface area contributed by atoms with Crippen molar-refractivity contribution in [1.82, 2.24) is 9.88 Å². The van der Waals surface area contributed by atoms with Crippen molar-refractivity contribution in [1.29, 1.82) is 0 Å². The molecule has 0 unspecified atom stereocenters. The number of ether oxygens (including phenoxy) is 2. The van der Waals surface area contributed by atoms with Crippen LogP contribution in [-0.4, -0.2) is 31.2 Å². The van der Waals surface area contributed by atoms with E-state index in [2.05, 4.69) is 36.5 Å². The Morgan fingerprint density at radius 1 is 0.968 bits per heavy atom. The molecule has 0 saturated heterocycles. The molecule has 1 N–H and O–H groups in total. The summed E-state index contributed by atoms with van der Waals surface area (Å²) in [7, 11) is 3.22. The van der Waals surface area contributed by atoms with Gasteiger partial charge in [-0.15, -0.1) is 0 Å². The molecule has 31 heavy (non-hydrogen) atoms. The quantitative estimate of drug-likeness (QED) is 0.455. The van der Waals surface area contributed by atoms with Crippen molar-refractivity contribution in [3.8, 4) is 11.5 Å². The Labute approximate surface area is 181 Å². The smallest absolute Gasteiger partial charge is 0.268 e. The second-order valence-electron chi connectivity index (χ2n) is 7.47. The molecule has 2 aromatic heterocycles. The molecule has 0 bridgehead atoms. The molecule has 0 aliphatic carbocycles. The molecule has 0 saturated carbocycles. The number of furan rings is 1. The third-order valence-electron chi connectivity index (χ3n) is 5.36. The summed E-state index contributed by atoms with van der Waals surface area (Å²) in [6.07, 6.45) is 2.33. The standard InChI is InChI=1S/C25H26N2O4/c1-17-4-6-19(7-5-17)16-27-20-11-13-31-23(20)15-21(27)25(28)26-12-10-18-8-9-22(29-2)24(14-18)30-3/h4-9,11,13-15H,10,12,16H2,1-3H3,(H,26,28). The fraction of sp³-hybridized carbons (Fsp3) is 0.240. The van der Waals surface area contributed by atoms with Gasteiger partial charge in [0, 0.05) is 25.2 Å². The van der Waals surface area contributed by atoms with E-state index in [0.717, 1.165) is 16.6 Å². The molecule has 1 amide bonds. The predicted octanol–water partition coefficient (Wildman–Crippen LogP) is 4.58. The van der Waals surface area contributed by atoms with Gasteiger partial charge in [0.25, 0.3) is 5.91 Å². The highest BCUT2D eigenvalue weighted by Crippen LogP contribution is 2.27. The molecular formula is C25H26N2O4. The molecule has 0 spiro atoms. The number of carbonyl (C=O) groups excluding carboxylic acids is 1. The Morgan fingerprint density at radius 3 is 2.45 bits per heavy atom. The molecular weight excluding hydrogens is 392 g/mol. The van der Waals surface area contributed by atoms with Crippen molar-refractivity contribution < 1.29 is 18.7 Å². The second-order valence-corrected chi connectivity index (χ2v) is 7.47. The number of hydrogen-bond acceptors (Lipinski definition) is 4. The molecule has 0 radical (unpaired) electrons. The van der Waals surface area contributed by atoms with E-state index in [4.69, 9.17) is 13.9 Å². The number of benzene rings is 2. The molecule has 0 fully saturated rings. The van der Waals surface area contributed by atoms with Crippen molar-refractivity contribution in [3.63, 3.8) is 0 Å². The lowest BCUT2D eigenvalue weighted by Gasteiger charge is -2.12. The Kier molecular flexibility index (Phi) is 5.98. The fourth-order valence-corrected chi connectivity index (χ4v) is 3.66. The van der Waals surface area contributed by atoms with Gasteiger partial charge in [-0.2, -0.15) is 0 Å². The van der Waals surface area contributed by atoms with Crippen LogP contribution in [0.5, 0.6) is 11.5 Å². The average molecular weight is 418 g/mol. The summed E-state index contributed by atoms with van der Waals surface area (Å²) in [6.45, 7) is 3.16. The summed E-state index contributed by atoms with van der Waals surface area (Å²) >= 11 is 0. The van der Waals surface area contributed by atoms with Gasteiger partial charge in [-0.25, -0.2) is 0 Å². The Balaban J connectivity index is 1.48. The van der Waals surface area contributed by atoms with Gasteiger partial charge < -0.3 is 23.8 Å². The van der Waals surface area contributed by atoms with E-state index in [9.17, 15) is 4.79 Å². The third kappa shape index (κ3) is 4.43. The van der Waals surface area contributed by atoms with E-state index in [1.165, 1.54) is 5.56 Å². The monoisotopic (exact) mass is 418 g/mol. The van der Waals surface area contributed by atoms with Crippen molar-refractivity contribution in [2.24, 2.45) is 0 Å². The van der Waals surface area contributed by atoms with Crippen molar-refractivity contribution in [2.75, 3.05) is 20.8 Å². The summed E-state index contributed by atoms with van der Waals surface area (Å²) < 4.78 is 18.2. The van der Waals surface area contributed by atoms with E-state index < -0.39 is 0 Å². The number of aromatic nitrogens is 1. The first kappa shape index (κ1) is 20.6. The van der Waals surface area contributed by atoms with Crippen molar-refractivity contribution in [2.45, 2.75) is 19.9 Å². The predicted molar refractivity (Wildman–Crippen MR) is 120 cm³/mol. The number of methoxy groups -OCH3 is 2. The number of rotatable bonds is 8. The Bertz CT molecular complexity index is 1190. The van der Waals surface area contributed by atoms with E-state index in [-0.39, 0.29) is 5.91 Å². The van der Waals surface area contributed by atoms with E-state index >= 15 is 0 Å². The average Bonchev–Trinajstić information content (AvgIpc) is 3.37. The first-order valence-corrected chi connectivity index (χ1v) is 10.2. The summed E-state index contributed by atoms with van der Waals surface area (Å²) in [5.74, 6) is 1.24. The molecule has 6 heteroatoms. The number of hydrogen-bond donors (Lipinski definition) is 1. The first-order valence-electron chi connectivity index (χ1n) is 10.2. The van der Waals surface area contributed by atoms with Crippen molar-refractivity contribution in [3.05, 3.63) is 83.2 Å². The molecule has 0 aliphatic rings. The number of nitrogens with one attached hydrogen (secondary N) is 1. The molecule has 6 nitrogen and oxygen atoms in total. The summed E-state index contributed by atoms with van der Waals surface area (Å²) in [5, 5.41) is 3.03. The van der Waals surface area contributed by atoms with Crippen LogP contribution in [0.4, 0.5) is 0 Å². The van der Waals surface area contributed by atoms with Crippen LogP contribution in [0.3, 0.4) is 0 Å². The maximum absolute atomic E-state index is 13.0. The number of nitrogens with zero attached hydrogens (tertiary/aromatic N) is 1. The van der Waals surface area contributed by atoms with Crippen LogP contribution in [0, 0.1) is 6.92 Å². The van der Waals surface area contributed by atoms with Crippen LogP contribution < -0.4 is 14.8 Å². The molecule has 2 aromatic carbocycles. The number of amides is 1. The van der Waals surface area contributed by atoms with Gasteiger partial charge in [0.1, 0.15) is 5.69 Å². The summed E-state index contributed by atoms with van der Waals surface area (Å²) in [6, 6.07) is 17.8. The molecule has 4 aromatic rings. The zero-order valence-corrected chi connectivity index (χ0v) is 18.0. The van der Waals surface area contributed by atoms with Gasteiger partial charge in [0.05, 0.1) is 26.0 Å². The zero-order valence-electron chi connectivity index (χ0n) is 18.0. The fourth-order valence-electron chi connectivity index (χ4n) is 3.66. The summed E-state index contributed by atoms with van der Waals surface area (Å²) in [4.78, 5) is 13.0. The van der Waals surface area contributed by atoms with Gasteiger partial charge in [-0.3, -0.25) is 4.79 Å². The van der Waals surface area contributed by atoms with Gasteiger partial charge in [0.15, 0.2) is 17.1 Å². The van der Waals surface area contributed by atoms with Gasteiger partial charge in [-0.1, -0.05) is 35.9 Å². The number of carbonyl (C=O) groups is 1. The largest absolute Gasteiger partial charge is 0.493 e. The summed E-state index contributed by atoms with van der Waals surface area (Å²) in [5.41, 5.74) is 5.59. The highest BCUT2D eigenvalue weighted by atomic mass is 16.5. The minimum atomic E-state index is -0.126. The molecule has 160 valence electrons. The number of fused-ring (bicyclic) bond motifs is 1. The van der Waals surface area contributed by atoms with Gasteiger partial charge >= 0.3 is 0 Å². The molecule has 2 heterocycles. The van der Waals surface area contributed by atoms with Crippen LogP contribution in [0.2, 0.25) is 0 Å². The van der Waals surface area contributed by atoms with Crippen LogP contribution in [0.15, 0.2) is 65.3 Å². The van der Waals surface area contributed by atoms with Gasteiger partial charge in [-0.05, 0) is 36.6 Å². The zero-order chi connectivity index (χ0) is 21.8. The molecule has 0 aliphatic heterocycles. The maximum atomic E-state index is 13.0. The lowest BCUT2D eigenvalue weighted by Crippen LogP contribution is -2.28. The van der Waals surface area contributed by atoms with E-state index in [0.29, 0.717) is 42.3 Å². The molecule has 4 rings (SSSR count). The van der Waals surface area contributed by atoms with Crippen LogP contribution >= 0.6 is 0 Å². The van der Waals surface area contributed by atoms with Crippen molar-refractivity contribution >= 4 is 17.0 Å². The van der Waals surface area contributed by atoms with E-state index in [1.54, 1.807) is 26.5 Å². The SMILES string of the molecule is COc1ccc(CCNC(=O)c2cc3occc3n2Cc2ccc(C)cc2)cc1OC. The van der Waals surface area contributed by atoms with Crippen LogP contribution in [-0.2, 0) is 13.0 Å². The topological polar surface area (TPSA) is 65.6 Å². The molecule has 0 atom stereocenters. The highest BCUT2D eigenvalue weighted by Gasteiger charge is 2.17. The highest BCUT2D eigenvalue weighted by molar-refractivity contribution is 5.97. The Morgan fingerprint density at radius 2 is 1.71 bits per heavy atom. The second kappa shape index (κ2) is 9.00. The van der Waals surface area contributed by atoms with Crippen LogP contribution in [0.25, 0.3) is 11.1 Å². The lowest BCUT2D eigenvalue weighted by molar-refractivity contribution is 0.0945. The Hall–Kier alpha value is -3.67. The minimum Gasteiger partial charge on any atom is -0.493 e. The van der Waals surface area contributed by atoms with Gasteiger partial charge in [0.2, 0.25) is 0 Å². The maximum Gasteiger partial charge on any atom is 0.268 e. The third-order valence-corrected chi connectivity index (χ3v) is 5.36. The first-order chi connectivity index (χ1) is 15.1. The van der Waals surface area contributed by atoms with E-state index in [1.807, 2.05) is 28.8 Å². The van der Waals surface area contributed by atoms with Crippen LogP contribution in [0.1, 0.15) is 27.2 Å². The lowest BCUT2D eigenvalue weighted by atomic mass is 10.1.